The summed E-state index contributed by atoms with van der Waals surface area (Å²) in [5.74, 6) is -2.63. The number of aliphatic hydroxyl groups is 4. The number of ether oxygens (including phenoxy) is 4. The topological polar surface area (TPSA) is 189 Å². The molecule has 1 saturated heterocycles. The summed E-state index contributed by atoms with van der Waals surface area (Å²) >= 11 is 0. The highest BCUT2D eigenvalue weighted by molar-refractivity contribution is 5.88. The van der Waals surface area contributed by atoms with Crippen molar-refractivity contribution >= 4 is 17.9 Å². The Hall–Kier alpha value is -3.39. The van der Waals surface area contributed by atoms with Crippen LogP contribution in [-0.2, 0) is 33.3 Å². The molecular formula is C36H54O12. The van der Waals surface area contributed by atoms with Crippen LogP contribution in [0.1, 0.15) is 80.1 Å². The lowest BCUT2D eigenvalue weighted by Crippen LogP contribution is -2.62. The monoisotopic (exact) mass is 678 g/mol. The fourth-order valence-electron chi connectivity index (χ4n) is 4.43. The van der Waals surface area contributed by atoms with Gasteiger partial charge in [-0.2, -0.15) is 0 Å². The van der Waals surface area contributed by atoms with E-state index in [0.717, 1.165) is 0 Å². The minimum Gasteiger partial charge on any atom is -0.478 e. The number of aliphatic carboxylic acids is 1. The number of carbonyl (C=O) groups is 3. The highest BCUT2D eigenvalue weighted by atomic mass is 16.7. The quantitative estimate of drug-likeness (QED) is 0.0709. The number of rotatable bonds is 20. The molecular weight excluding hydrogens is 624 g/mol. The first kappa shape index (κ1) is 42.6. The SMILES string of the molecule is C=CC(C)(O)CC/C=C(\C)C(=O)OC[C@H]1O[C@@H](OC(C)(C=C)CC/C=C(\C)C(=O)O)[C@H](O)[C@@H](OC(=O)/C(C)=C/CCC(C)(O)C=C)[C@@H]1O. The standard InChI is InChI=1S/C36H54O12/c1-10-34(7,43)19-13-17-24(5)31(41)45-22-26-27(37)29(47-32(42)25(6)18-14-20-35(8,44)11-2)28(38)33(46-26)48-36(9,12-3)21-15-16-23(4)30(39)40/h10-12,16-18,26-29,33,37-38,43-44H,1-3,13-15,19-22H2,4-9H3,(H,39,40)/b23-16+,24-17+,25-18+/t26-,27-,28-,29+,33+,34?,35?,36?/m1/s1. The number of carbonyl (C=O) groups excluding carboxylic acids is 2. The van der Waals surface area contributed by atoms with Gasteiger partial charge in [-0.05, 0) is 80.1 Å². The number of aliphatic hydroxyl groups excluding tert-OH is 2. The molecule has 3 unspecified atom stereocenters. The number of carboxylic acid groups (broad SMARTS) is 1. The highest BCUT2D eigenvalue weighted by Gasteiger charge is 2.49. The average Bonchev–Trinajstić information content (AvgIpc) is 3.02. The third kappa shape index (κ3) is 14.0. The van der Waals surface area contributed by atoms with E-state index in [0.29, 0.717) is 19.3 Å². The summed E-state index contributed by atoms with van der Waals surface area (Å²) in [5, 5.41) is 51.8. The number of hydrogen-bond acceptors (Lipinski definition) is 11. The Kier molecular flexibility index (Phi) is 16.8. The molecule has 0 saturated carbocycles. The molecule has 0 spiro atoms. The van der Waals surface area contributed by atoms with E-state index in [4.69, 9.17) is 24.1 Å². The lowest BCUT2D eigenvalue weighted by Gasteiger charge is -2.44. The van der Waals surface area contributed by atoms with E-state index >= 15 is 0 Å². The third-order valence-corrected chi connectivity index (χ3v) is 8.23. The summed E-state index contributed by atoms with van der Waals surface area (Å²) in [6, 6.07) is 0. The molecule has 1 rings (SSSR count). The maximum atomic E-state index is 13.0. The first-order valence-corrected chi connectivity index (χ1v) is 15.9. The molecule has 0 aromatic carbocycles. The van der Waals surface area contributed by atoms with Gasteiger partial charge in [-0.3, -0.25) is 0 Å². The Morgan fingerprint density at radius 2 is 1.23 bits per heavy atom. The molecule has 0 aromatic heterocycles. The second-order valence-electron chi connectivity index (χ2n) is 12.8. The molecule has 48 heavy (non-hydrogen) atoms. The van der Waals surface area contributed by atoms with Crippen molar-refractivity contribution in [2.45, 2.75) is 128 Å². The first-order valence-electron chi connectivity index (χ1n) is 15.9. The zero-order valence-corrected chi connectivity index (χ0v) is 29.0. The summed E-state index contributed by atoms with van der Waals surface area (Å²) in [5.41, 5.74) is -2.86. The van der Waals surface area contributed by atoms with Crippen molar-refractivity contribution in [2.24, 2.45) is 0 Å². The Labute approximate surface area is 283 Å². The van der Waals surface area contributed by atoms with E-state index in [2.05, 4.69) is 19.7 Å². The number of allylic oxidation sites excluding steroid dienone is 3. The van der Waals surface area contributed by atoms with Crippen molar-refractivity contribution < 1.29 is 58.9 Å². The van der Waals surface area contributed by atoms with Crippen LogP contribution in [0, 0.1) is 0 Å². The predicted molar refractivity (Wildman–Crippen MR) is 179 cm³/mol. The van der Waals surface area contributed by atoms with Crippen molar-refractivity contribution in [3.05, 3.63) is 72.9 Å². The molecule has 0 aliphatic carbocycles. The Morgan fingerprint density at radius 1 is 0.750 bits per heavy atom. The van der Waals surface area contributed by atoms with E-state index < -0.39 is 72.0 Å². The average molecular weight is 679 g/mol. The zero-order chi connectivity index (χ0) is 36.9. The molecule has 0 aromatic rings. The summed E-state index contributed by atoms with van der Waals surface area (Å²) in [6.07, 6.45) is 3.01. The normalized spacial score (nSPS) is 25.9. The molecule has 12 heteroatoms. The van der Waals surface area contributed by atoms with E-state index in [-0.39, 0.29) is 36.0 Å². The van der Waals surface area contributed by atoms with Gasteiger partial charge in [0.25, 0.3) is 0 Å². The first-order chi connectivity index (χ1) is 22.2. The molecule has 270 valence electrons. The van der Waals surface area contributed by atoms with Crippen LogP contribution in [0.25, 0.3) is 0 Å². The van der Waals surface area contributed by atoms with Crippen molar-refractivity contribution in [3.8, 4) is 0 Å². The van der Waals surface area contributed by atoms with Crippen molar-refractivity contribution in [2.75, 3.05) is 6.61 Å². The minimum atomic E-state index is -1.69. The van der Waals surface area contributed by atoms with Crippen molar-refractivity contribution in [3.63, 3.8) is 0 Å². The van der Waals surface area contributed by atoms with Crippen LogP contribution in [0.5, 0.6) is 0 Å². The largest absolute Gasteiger partial charge is 0.478 e. The number of esters is 2. The van der Waals surface area contributed by atoms with Crippen molar-refractivity contribution in [1.29, 1.82) is 0 Å². The fourth-order valence-corrected chi connectivity index (χ4v) is 4.43. The molecule has 8 atom stereocenters. The Balaban J connectivity index is 3.22. The molecule has 0 amide bonds. The smallest absolute Gasteiger partial charge is 0.333 e. The van der Waals surface area contributed by atoms with Gasteiger partial charge in [0, 0.05) is 16.7 Å². The van der Waals surface area contributed by atoms with Crippen LogP contribution < -0.4 is 0 Å². The molecule has 0 bridgehead atoms. The van der Waals surface area contributed by atoms with Crippen LogP contribution in [0.3, 0.4) is 0 Å². The number of hydrogen-bond donors (Lipinski definition) is 5. The molecule has 1 aliphatic heterocycles. The summed E-state index contributed by atoms with van der Waals surface area (Å²) in [7, 11) is 0. The van der Waals surface area contributed by atoms with Gasteiger partial charge in [-0.1, -0.05) is 36.5 Å². The fraction of sp³-hybridized carbons (Fsp3) is 0.583. The van der Waals surface area contributed by atoms with Gasteiger partial charge in [-0.25, -0.2) is 14.4 Å². The number of carboxylic acids is 1. The molecule has 5 N–H and O–H groups in total. The van der Waals surface area contributed by atoms with E-state index in [1.54, 1.807) is 32.9 Å². The lowest BCUT2D eigenvalue weighted by molar-refractivity contribution is -0.321. The molecule has 12 nitrogen and oxygen atoms in total. The maximum Gasteiger partial charge on any atom is 0.333 e. The minimum absolute atomic E-state index is 0.138. The second-order valence-corrected chi connectivity index (χ2v) is 12.8. The Morgan fingerprint density at radius 3 is 1.71 bits per heavy atom. The lowest BCUT2D eigenvalue weighted by atomic mass is 9.96. The predicted octanol–water partition coefficient (Wildman–Crippen LogP) is 3.99. The van der Waals surface area contributed by atoms with E-state index in [9.17, 15) is 34.8 Å². The van der Waals surface area contributed by atoms with Gasteiger partial charge in [0.15, 0.2) is 12.4 Å². The maximum absolute atomic E-state index is 13.0. The van der Waals surface area contributed by atoms with Gasteiger partial charge in [-0.15, -0.1) is 19.7 Å². The summed E-state index contributed by atoms with van der Waals surface area (Å²) in [4.78, 5) is 36.9. The van der Waals surface area contributed by atoms with Gasteiger partial charge in [0.05, 0.1) is 16.8 Å². The highest BCUT2D eigenvalue weighted by Crippen LogP contribution is 2.31. The molecule has 1 aliphatic rings. The van der Waals surface area contributed by atoms with Gasteiger partial charge >= 0.3 is 17.9 Å². The van der Waals surface area contributed by atoms with E-state index in [1.807, 2.05) is 0 Å². The van der Waals surface area contributed by atoms with Crippen LogP contribution in [0.4, 0.5) is 0 Å². The zero-order valence-electron chi connectivity index (χ0n) is 29.0. The molecule has 1 fully saturated rings. The van der Waals surface area contributed by atoms with Crippen LogP contribution >= 0.6 is 0 Å². The third-order valence-electron chi connectivity index (χ3n) is 8.23. The van der Waals surface area contributed by atoms with Gasteiger partial charge < -0.3 is 44.5 Å². The van der Waals surface area contributed by atoms with Crippen LogP contribution in [-0.4, -0.2) is 97.6 Å². The summed E-state index contributed by atoms with van der Waals surface area (Å²) < 4.78 is 22.9. The van der Waals surface area contributed by atoms with Gasteiger partial charge in [0.2, 0.25) is 0 Å². The summed E-state index contributed by atoms with van der Waals surface area (Å²) in [6.45, 7) is 19.7. The second kappa shape index (κ2) is 19.0. The van der Waals surface area contributed by atoms with Gasteiger partial charge in [0.1, 0.15) is 24.9 Å². The van der Waals surface area contributed by atoms with Crippen LogP contribution in [0.15, 0.2) is 72.9 Å². The molecule has 1 heterocycles. The molecule has 0 radical (unpaired) electrons. The Bertz CT molecular complexity index is 1240. The van der Waals surface area contributed by atoms with E-state index in [1.165, 1.54) is 45.1 Å². The van der Waals surface area contributed by atoms with Crippen molar-refractivity contribution in [1.82, 2.24) is 0 Å². The van der Waals surface area contributed by atoms with Crippen LogP contribution in [0.2, 0.25) is 0 Å².